The number of hydrogen-bond acceptors (Lipinski definition) is 9. The molecule has 11 heteroatoms. The molecule has 0 radical (unpaired) electrons. The van der Waals surface area contributed by atoms with Crippen LogP contribution in [0.2, 0.25) is 0 Å². The minimum absolute atomic E-state index is 0.0746. The number of nitrogens with zero attached hydrogens (tertiary/aromatic N) is 1. The van der Waals surface area contributed by atoms with Crippen LogP contribution < -0.4 is 24.5 Å². The minimum Gasteiger partial charge on any atom is -0.550 e. The smallest absolute Gasteiger partial charge is 0.249 e. The number of aromatic nitrogens is 1. The number of benzene rings is 2. The van der Waals surface area contributed by atoms with Gasteiger partial charge in [-0.3, -0.25) is 4.79 Å². The Morgan fingerprint density at radius 1 is 1.13 bits per heavy atom. The molecule has 0 spiro atoms. The number of nitrogens with one attached hydrogen (secondary N) is 1. The topological polar surface area (TPSA) is 172 Å². The quantitative estimate of drug-likeness (QED) is 0.199. The summed E-state index contributed by atoms with van der Waals surface area (Å²) in [4.78, 5) is 21.3. The van der Waals surface area contributed by atoms with E-state index in [9.17, 15) is 30.0 Å². The molecule has 5 N–H and O–H groups in total. The Morgan fingerprint density at radius 2 is 1.82 bits per heavy atom. The van der Waals surface area contributed by atoms with Crippen LogP contribution in [0.25, 0.3) is 22.0 Å². The molecule has 3 aromatic rings. The lowest BCUT2D eigenvalue weighted by atomic mass is 9.87. The number of ether oxygens (including phenoxy) is 2. The first-order valence-corrected chi connectivity index (χ1v) is 12.3. The zero-order valence-corrected chi connectivity index (χ0v) is 22.4. The number of aromatic hydroxyl groups is 2. The van der Waals surface area contributed by atoms with Crippen molar-refractivity contribution in [3.63, 3.8) is 0 Å². The van der Waals surface area contributed by atoms with Crippen molar-refractivity contribution in [1.82, 2.24) is 5.32 Å². The maximum atomic E-state index is 11.2. The Hall–Kier alpha value is -4.09. The summed E-state index contributed by atoms with van der Waals surface area (Å²) in [6, 6.07) is 9.23. The van der Waals surface area contributed by atoms with E-state index in [1.54, 1.807) is 26.4 Å². The number of phenols is 2. The summed E-state index contributed by atoms with van der Waals surface area (Å²) in [5, 5.41) is 52.2. The summed E-state index contributed by atoms with van der Waals surface area (Å²) in [5.41, 5.74) is 2.02. The first kappa shape index (κ1) is 29.5. The van der Waals surface area contributed by atoms with Crippen molar-refractivity contribution >= 4 is 22.6 Å². The van der Waals surface area contributed by atoms with Gasteiger partial charge in [-0.2, -0.15) is 4.57 Å². The Morgan fingerprint density at radius 3 is 2.44 bits per heavy atom. The predicted molar refractivity (Wildman–Crippen MR) is 139 cm³/mol. The fraction of sp³-hybridized carbons (Fsp3) is 0.393. The Labute approximate surface area is 225 Å². The molecule has 0 aliphatic carbocycles. The van der Waals surface area contributed by atoms with Crippen molar-refractivity contribution in [1.29, 1.82) is 0 Å². The zero-order valence-electron chi connectivity index (χ0n) is 22.4. The highest BCUT2D eigenvalue weighted by atomic mass is 16.5. The minimum atomic E-state index is -1.37. The average molecular weight is 543 g/mol. The van der Waals surface area contributed by atoms with E-state index in [-0.39, 0.29) is 31.1 Å². The Bertz CT molecular complexity index is 1370. The Balaban J connectivity index is 0.000000244. The molecule has 0 saturated heterocycles. The monoisotopic (exact) mass is 542 g/mol. The lowest BCUT2D eigenvalue weighted by molar-refractivity contribution is -0.686. The number of amides is 1. The van der Waals surface area contributed by atoms with Crippen LogP contribution in [0, 0.1) is 5.41 Å². The van der Waals surface area contributed by atoms with Gasteiger partial charge in [0.15, 0.2) is 35.7 Å². The van der Waals surface area contributed by atoms with E-state index < -0.39 is 23.4 Å². The summed E-state index contributed by atoms with van der Waals surface area (Å²) in [7, 11) is 3.26. The van der Waals surface area contributed by atoms with Crippen molar-refractivity contribution in [2.75, 3.05) is 27.4 Å². The number of aliphatic hydroxyl groups is 2. The number of hydrogen-bond donors (Lipinski definition) is 5. The Kier molecular flexibility index (Phi) is 9.20. The normalized spacial score (nSPS) is 12.9. The number of aliphatic carboxylic acids is 1. The van der Waals surface area contributed by atoms with Gasteiger partial charge >= 0.3 is 0 Å². The molecule has 0 unspecified atom stereocenters. The predicted octanol–water partition coefficient (Wildman–Crippen LogP) is 0.401. The van der Waals surface area contributed by atoms with E-state index in [1.165, 1.54) is 13.8 Å². The van der Waals surface area contributed by atoms with Crippen LogP contribution in [0.4, 0.5) is 0 Å². The number of phenolic OH excluding ortho intramolecular Hbond substituents is 2. The number of carboxylic acid groups (broad SMARTS) is 1. The lowest BCUT2D eigenvalue weighted by Crippen LogP contribution is -2.46. The molecule has 39 heavy (non-hydrogen) atoms. The SMILES string of the molecule is CC(C)(CO)[C@@H](O)C(=O)NCCC(=O)[O-].COc1ccc2cc3[n+](cc2c1OC)CCc1cc(O)c(O)cc1-3. The average Bonchev–Trinajstić information content (AvgIpc) is 2.91. The number of carbonyl (C=O) groups is 2. The zero-order chi connectivity index (χ0) is 28.9. The second-order valence-electron chi connectivity index (χ2n) is 9.87. The second-order valence-corrected chi connectivity index (χ2v) is 9.87. The van der Waals surface area contributed by atoms with Gasteiger partial charge in [0.2, 0.25) is 11.6 Å². The maximum absolute atomic E-state index is 11.2. The second kappa shape index (κ2) is 12.2. The van der Waals surface area contributed by atoms with Gasteiger partial charge in [-0.25, -0.2) is 0 Å². The van der Waals surface area contributed by atoms with E-state index in [4.69, 9.17) is 14.6 Å². The van der Waals surface area contributed by atoms with Crippen LogP contribution in [0.1, 0.15) is 25.8 Å². The van der Waals surface area contributed by atoms with E-state index in [0.29, 0.717) is 11.5 Å². The van der Waals surface area contributed by atoms with Crippen LogP contribution >= 0.6 is 0 Å². The van der Waals surface area contributed by atoms with Gasteiger partial charge in [-0.15, -0.1) is 0 Å². The van der Waals surface area contributed by atoms with Crippen LogP contribution in [0.5, 0.6) is 23.0 Å². The molecular weight excluding hydrogens is 508 g/mol. The number of aliphatic hydroxyl groups excluding tert-OH is 2. The molecule has 1 atom stereocenters. The molecule has 0 bridgehead atoms. The van der Waals surface area contributed by atoms with Crippen LogP contribution in [0.15, 0.2) is 36.5 Å². The molecular formula is C28H34N2O9. The summed E-state index contributed by atoms with van der Waals surface area (Å²) in [5.74, 6) is -0.737. The van der Waals surface area contributed by atoms with Gasteiger partial charge in [0, 0.05) is 36.8 Å². The molecule has 0 fully saturated rings. The van der Waals surface area contributed by atoms with E-state index in [1.807, 2.05) is 12.1 Å². The van der Waals surface area contributed by atoms with Crippen LogP contribution in [-0.2, 0) is 22.6 Å². The molecule has 2 aromatic carbocycles. The summed E-state index contributed by atoms with van der Waals surface area (Å²) in [6.07, 6.45) is 1.17. The summed E-state index contributed by atoms with van der Waals surface area (Å²) < 4.78 is 13.1. The van der Waals surface area contributed by atoms with Crippen LogP contribution in [-0.4, -0.2) is 65.8 Å². The van der Waals surface area contributed by atoms with Crippen molar-refractivity contribution < 1.29 is 49.2 Å². The van der Waals surface area contributed by atoms with E-state index in [2.05, 4.69) is 22.1 Å². The molecule has 11 nitrogen and oxygen atoms in total. The first-order valence-electron chi connectivity index (χ1n) is 12.3. The van der Waals surface area contributed by atoms with E-state index >= 15 is 0 Å². The molecule has 0 saturated carbocycles. The van der Waals surface area contributed by atoms with E-state index in [0.717, 1.165) is 40.6 Å². The van der Waals surface area contributed by atoms with Gasteiger partial charge in [0.25, 0.3) is 0 Å². The number of aryl methyl sites for hydroxylation is 2. The van der Waals surface area contributed by atoms with Crippen molar-refractivity contribution in [2.45, 2.75) is 39.3 Å². The van der Waals surface area contributed by atoms with Crippen molar-refractivity contribution in [3.8, 4) is 34.3 Å². The third kappa shape index (κ3) is 6.50. The standard InChI is InChI=1S/C19H17NO4.C9H17NO5/c1-23-18-4-3-11-7-15-13-9-17(22)16(21)8-12(13)5-6-20(15)10-14(11)19(18)24-2;1-9(2,5-11)7(14)8(15)10-4-3-6(12)13/h3-4,7-10,22H,5-6H2,1-2H3;7,11,14H,3-5H2,1-2H3,(H,10,15)(H,12,13)/t;7-/m.0/s1. The molecule has 2 heterocycles. The number of rotatable bonds is 8. The summed E-state index contributed by atoms with van der Waals surface area (Å²) in [6.45, 7) is 3.40. The molecule has 1 amide bonds. The summed E-state index contributed by atoms with van der Waals surface area (Å²) >= 11 is 0. The maximum Gasteiger partial charge on any atom is 0.249 e. The highest BCUT2D eigenvalue weighted by Crippen LogP contribution is 2.39. The van der Waals surface area contributed by atoms with Gasteiger partial charge in [-0.1, -0.05) is 13.8 Å². The number of pyridine rings is 1. The number of carbonyl (C=O) groups excluding carboxylic acids is 2. The molecule has 4 rings (SSSR count). The third-order valence-corrected chi connectivity index (χ3v) is 6.63. The van der Waals surface area contributed by atoms with Gasteiger partial charge in [0.05, 0.1) is 31.8 Å². The third-order valence-electron chi connectivity index (χ3n) is 6.63. The molecule has 210 valence electrons. The fourth-order valence-electron chi connectivity index (χ4n) is 4.23. The van der Waals surface area contributed by atoms with Gasteiger partial charge in [-0.05, 0) is 35.2 Å². The molecule has 1 aliphatic heterocycles. The highest BCUT2D eigenvalue weighted by molar-refractivity contribution is 5.91. The largest absolute Gasteiger partial charge is 0.550 e. The fourth-order valence-corrected chi connectivity index (χ4v) is 4.23. The number of carboxylic acids is 1. The van der Waals surface area contributed by atoms with Gasteiger partial charge in [0.1, 0.15) is 6.10 Å². The number of fused-ring (bicyclic) bond motifs is 4. The van der Waals surface area contributed by atoms with Crippen molar-refractivity contribution in [3.05, 3.63) is 42.1 Å². The van der Waals surface area contributed by atoms with Gasteiger partial charge < -0.3 is 45.1 Å². The van der Waals surface area contributed by atoms with Crippen molar-refractivity contribution in [2.24, 2.45) is 5.41 Å². The molecule has 1 aromatic heterocycles. The highest BCUT2D eigenvalue weighted by Gasteiger charge is 2.32. The van der Waals surface area contributed by atoms with Crippen LogP contribution in [0.3, 0.4) is 0 Å². The first-order chi connectivity index (χ1) is 18.4. The molecule has 1 aliphatic rings. The number of methoxy groups -OCH3 is 2. The lowest BCUT2D eigenvalue weighted by Gasteiger charge is -2.27.